The van der Waals surface area contributed by atoms with Crippen molar-refractivity contribution in [2.75, 3.05) is 5.75 Å². The number of hydrogen-bond donors (Lipinski definition) is 2. The summed E-state index contributed by atoms with van der Waals surface area (Å²) in [5, 5.41) is 16.6. The molecule has 0 aliphatic rings. The van der Waals surface area contributed by atoms with Gasteiger partial charge in [0.15, 0.2) is 5.16 Å². The van der Waals surface area contributed by atoms with E-state index in [2.05, 4.69) is 56.6 Å². The van der Waals surface area contributed by atoms with Crippen molar-refractivity contribution < 1.29 is 9.90 Å². The van der Waals surface area contributed by atoms with Crippen LogP contribution >= 0.6 is 23.4 Å². The van der Waals surface area contributed by atoms with Gasteiger partial charge in [-0.15, -0.1) is 0 Å². The third-order valence-electron chi connectivity index (χ3n) is 6.39. The number of imidazole rings is 1. The van der Waals surface area contributed by atoms with Crippen molar-refractivity contribution in [3.8, 4) is 5.75 Å². The Kier molecular flexibility index (Phi) is 8.42. The fourth-order valence-electron chi connectivity index (χ4n) is 4.33. The van der Waals surface area contributed by atoms with Crippen LogP contribution in [0.4, 0.5) is 0 Å². The predicted molar refractivity (Wildman–Crippen MR) is 162 cm³/mol. The summed E-state index contributed by atoms with van der Waals surface area (Å²) in [7, 11) is 0. The molecule has 204 valence electrons. The van der Waals surface area contributed by atoms with E-state index in [4.69, 9.17) is 16.6 Å². The fourth-order valence-corrected chi connectivity index (χ4v) is 5.33. The van der Waals surface area contributed by atoms with Crippen LogP contribution in [0.2, 0.25) is 5.02 Å². The first-order valence-electron chi connectivity index (χ1n) is 12.9. The van der Waals surface area contributed by atoms with Crippen LogP contribution in [0.5, 0.6) is 5.75 Å². The summed E-state index contributed by atoms with van der Waals surface area (Å²) in [6.45, 7) is 12.9. The maximum absolute atomic E-state index is 12.7. The van der Waals surface area contributed by atoms with Crippen molar-refractivity contribution in [3.05, 3.63) is 87.9 Å². The zero-order chi connectivity index (χ0) is 28.4. The molecule has 1 aromatic heterocycles. The van der Waals surface area contributed by atoms with E-state index in [9.17, 15) is 9.90 Å². The molecule has 2 N–H and O–H groups in total. The number of hydrazone groups is 1. The number of para-hydroxylation sites is 2. The van der Waals surface area contributed by atoms with E-state index < -0.39 is 0 Å². The van der Waals surface area contributed by atoms with Crippen LogP contribution in [0.15, 0.2) is 70.9 Å². The fraction of sp³-hybridized carbons (Fsp3) is 0.323. The van der Waals surface area contributed by atoms with Gasteiger partial charge in [-0.25, -0.2) is 10.4 Å². The number of phenolic OH excluding ortho intramolecular Hbond substituents is 1. The Morgan fingerprint density at radius 1 is 1.03 bits per heavy atom. The third kappa shape index (κ3) is 6.84. The molecule has 0 unspecified atom stereocenters. The van der Waals surface area contributed by atoms with E-state index in [1.807, 2.05) is 60.7 Å². The standard InChI is InChI=1S/C31H35ClN4O2S/c1-30(2,3)22-15-20(16-23(28(22)38)31(4,5)6)17-33-35-27(37)19-39-29-34-25-13-9-10-14-26(25)36(29)18-21-11-7-8-12-24(21)32/h7-17,38H,18-19H2,1-6H3,(H,35,37)/b33-17+. The molecule has 0 aliphatic heterocycles. The molecule has 39 heavy (non-hydrogen) atoms. The number of aromatic hydroxyl groups is 1. The molecule has 0 fully saturated rings. The van der Waals surface area contributed by atoms with Gasteiger partial charge in [0.1, 0.15) is 5.75 Å². The Hall–Kier alpha value is -3.29. The minimum absolute atomic E-state index is 0.152. The predicted octanol–water partition coefficient (Wildman–Crippen LogP) is 7.28. The smallest absolute Gasteiger partial charge is 0.250 e. The monoisotopic (exact) mass is 562 g/mol. The lowest BCUT2D eigenvalue weighted by molar-refractivity contribution is -0.118. The second-order valence-corrected chi connectivity index (χ2v) is 13.0. The number of carbonyl (C=O) groups excluding carboxylic acids is 1. The molecule has 0 atom stereocenters. The molecule has 0 aliphatic carbocycles. The summed E-state index contributed by atoms with van der Waals surface area (Å²) in [6.07, 6.45) is 1.62. The molecule has 3 aromatic carbocycles. The van der Waals surface area contributed by atoms with Crippen molar-refractivity contribution in [1.82, 2.24) is 15.0 Å². The second-order valence-electron chi connectivity index (χ2n) is 11.6. The number of rotatable bonds is 7. The van der Waals surface area contributed by atoms with Gasteiger partial charge in [0, 0.05) is 16.1 Å². The lowest BCUT2D eigenvalue weighted by atomic mass is 9.78. The highest BCUT2D eigenvalue weighted by Gasteiger charge is 2.26. The van der Waals surface area contributed by atoms with Gasteiger partial charge in [0.2, 0.25) is 0 Å². The number of thioether (sulfide) groups is 1. The van der Waals surface area contributed by atoms with E-state index >= 15 is 0 Å². The van der Waals surface area contributed by atoms with Gasteiger partial charge in [0.25, 0.3) is 5.91 Å². The van der Waals surface area contributed by atoms with Crippen LogP contribution in [0.25, 0.3) is 11.0 Å². The van der Waals surface area contributed by atoms with E-state index in [0.29, 0.717) is 17.3 Å². The summed E-state index contributed by atoms with van der Waals surface area (Å²) in [4.78, 5) is 17.5. The first-order valence-corrected chi connectivity index (χ1v) is 14.2. The molecular formula is C31H35ClN4O2S. The molecule has 0 spiro atoms. The molecule has 6 nitrogen and oxygen atoms in total. The molecule has 4 aromatic rings. The van der Waals surface area contributed by atoms with Gasteiger partial charge >= 0.3 is 0 Å². The van der Waals surface area contributed by atoms with Gasteiger partial charge in [-0.2, -0.15) is 5.10 Å². The highest BCUT2D eigenvalue weighted by Crippen LogP contribution is 2.39. The van der Waals surface area contributed by atoms with Crippen molar-refractivity contribution in [3.63, 3.8) is 0 Å². The Morgan fingerprint density at radius 2 is 1.64 bits per heavy atom. The Morgan fingerprint density at radius 3 is 2.28 bits per heavy atom. The topological polar surface area (TPSA) is 79.5 Å². The average Bonchev–Trinajstić information content (AvgIpc) is 3.21. The zero-order valence-corrected chi connectivity index (χ0v) is 24.8. The van der Waals surface area contributed by atoms with E-state index in [0.717, 1.165) is 38.4 Å². The summed E-state index contributed by atoms with van der Waals surface area (Å²) in [6, 6.07) is 19.5. The van der Waals surface area contributed by atoms with Crippen LogP contribution in [-0.2, 0) is 22.2 Å². The molecule has 0 bridgehead atoms. The van der Waals surface area contributed by atoms with Crippen LogP contribution in [0.3, 0.4) is 0 Å². The number of nitrogens with one attached hydrogen (secondary N) is 1. The molecule has 0 saturated carbocycles. The summed E-state index contributed by atoms with van der Waals surface area (Å²) in [5.74, 6) is 0.227. The maximum atomic E-state index is 12.7. The lowest BCUT2D eigenvalue weighted by Gasteiger charge is -2.27. The van der Waals surface area contributed by atoms with Crippen molar-refractivity contribution in [2.45, 2.75) is 64.1 Å². The van der Waals surface area contributed by atoms with E-state index in [1.54, 1.807) is 6.21 Å². The van der Waals surface area contributed by atoms with Gasteiger partial charge in [-0.05, 0) is 52.3 Å². The number of benzene rings is 3. The number of carbonyl (C=O) groups is 1. The number of aromatic nitrogens is 2. The first-order chi connectivity index (χ1) is 18.3. The van der Waals surface area contributed by atoms with Gasteiger partial charge in [0.05, 0.1) is 29.5 Å². The van der Waals surface area contributed by atoms with Crippen molar-refractivity contribution in [2.24, 2.45) is 5.10 Å². The third-order valence-corrected chi connectivity index (χ3v) is 7.73. The van der Waals surface area contributed by atoms with Gasteiger partial charge < -0.3 is 9.67 Å². The van der Waals surface area contributed by atoms with Crippen LogP contribution in [0.1, 0.15) is 63.8 Å². The quantitative estimate of drug-likeness (QED) is 0.141. The highest BCUT2D eigenvalue weighted by atomic mass is 35.5. The number of nitrogens with zero attached hydrogens (tertiary/aromatic N) is 3. The summed E-state index contributed by atoms with van der Waals surface area (Å²) >= 11 is 7.78. The van der Waals surface area contributed by atoms with Gasteiger partial charge in [-0.3, -0.25) is 4.79 Å². The average molecular weight is 563 g/mol. The second kappa shape index (κ2) is 11.4. The molecule has 8 heteroatoms. The molecule has 1 amide bonds. The Balaban J connectivity index is 1.49. The molecule has 0 saturated heterocycles. The molecule has 1 heterocycles. The van der Waals surface area contributed by atoms with Crippen LogP contribution < -0.4 is 5.43 Å². The van der Waals surface area contributed by atoms with E-state index in [1.165, 1.54) is 11.8 Å². The number of phenols is 1. The van der Waals surface area contributed by atoms with Gasteiger partial charge in [-0.1, -0.05) is 95.2 Å². The number of hydrogen-bond acceptors (Lipinski definition) is 5. The number of fused-ring (bicyclic) bond motifs is 1. The SMILES string of the molecule is CC(C)(C)c1cc(/C=N/NC(=O)CSc2nc3ccccc3n2Cc2ccccc2Cl)cc(C(C)(C)C)c1O. The normalized spacial score (nSPS) is 12.4. The number of halogens is 1. The van der Waals surface area contributed by atoms with Crippen molar-refractivity contribution >= 4 is 46.5 Å². The molecule has 0 radical (unpaired) electrons. The Bertz CT molecular complexity index is 1490. The van der Waals surface area contributed by atoms with Crippen molar-refractivity contribution in [1.29, 1.82) is 0 Å². The first kappa shape index (κ1) is 28.7. The highest BCUT2D eigenvalue weighted by molar-refractivity contribution is 7.99. The van der Waals surface area contributed by atoms with Crippen LogP contribution in [-0.4, -0.2) is 32.5 Å². The van der Waals surface area contributed by atoms with E-state index in [-0.39, 0.29) is 22.5 Å². The zero-order valence-electron chi connectivity index (χ0n) is 23.2. The Labute approximate surface area is 239 Å². The summed E-state index contributed by atoms with van der Waals surface area (Å²) < 4.78 is 2.08. The largest absolute Gasteiger partial charge is 0.507 e. The molecular weight excluding hydrogens is 528 g/mol. The minimum Gasteiger partial charge on any atom is -0.507 e. The number of amides is 1. The lowest BCUT2D eigenvalue weighted by Crippen LogP contribution is -2.20. The summed E-state index contributed by atoms with van der Waals surface area (Å²) in [5.41, 5.74) is 7.47. The maximum Gasteiger partial charge on any atom is 0.250 e. The van der Waals surface area contributed by atoms with Crippen LogP contribution in [0, 0.1) is 0 Å². The minimum atomic E-state index is -0.247. The molecule has 4 rings (SSSR count).